The summed E-state index contributed by atoms with van der Waals surface area (Å²) in [7, 11) is 3.71. The summed E-state index contributed by atoms with van der Waals surface area (Å²) in [6, 6.07) is 6.11. The first-order valence-corrected chi connectivity index (χ1v) is 11.9. The third-order valence-electron chi connectivity index (χ3n) is 7.32. The fourth-order valence-electron chi connectivity index (χ4n) is 5.43. The lowest BCUT2D eigenvalue weighted by Crippen LogP contribution is -2.49. The largest absolute Gasteiger partial charge is 0.495 e. The molecule has 0 spiro atoms. The zero-order valence-corrected chi connectivity index (χ0v) is 19.8. The van der Waals surface area contributed by atoms with Gasteiger partial charge in [-0.1, -0.05) is 6.07 Å². The van der Waals surface area contributed by atoms with Gasteiger partial charge in [-0.3, -0.25) is 9.69 Å². The Balaban J connectivity index is 1.49. The smallest absolute Gasteiger partial charge is 0.252 e. The Morgan fingerprint density at radius 1 is 1.06 bits per heavy atom. The molecule has 0 unspecified atom stereocenters. The van der Waals surface area contributed by atoms with Gasteiger partial charge in [0, 0.05) is 37.8 Å². The standard InChI is InChI=1S/C24H32N8O2/c1-30-10-12-31(13-11-30)15-6-8-16(9-7-15)32-24-19(22(25)27-14-28-24)20(29-32)17-4-3-5-18(23(26)33)21(17)34-2/h3-5,14-16H,6-13H2,1-2H3,(H2,26,33)(H2,25,27,28). The van der Waals surface area contributed by atoms with Gasteiger partial charge in [-0.15, -0.1) is 0 Å². The maximum Gasteiger partial charge on any atom is 0.252 e. The number of rotatable bonds is 5. The Labute approximate surface area is 198 Å². The fraction of sp³-hybridized carbons (Fsp3) is 0.500. The lowest BCUT2D eigenvalue weighted by Gasteiger charge is -2.41. The van der Waals surface area contributed by atoms with E-state index in [1.165, 1.54) is 13.4 Å². The van der Waals surface area contributed by atoms with E-state index in [0.717, 1.165) is 51.9 Å². The van der Waals surface area contributed by atoms with E-state index in [0.29, 0.717) is 45.5 Å². The fourth-order valence-corrected chi connectivity index (χ4v) is 5.43. The molecule has 2 aromatic heterocycles. The van der Waals surface area contributed by atoms with E-state index in [1.807, 2.05) is 10.7 Å². The van der Waals surface area contributed by atoms with Crippen molar-refractivity contribution in [3.63, 3.8) is 0 Å². The molecule has 1 aliphatic carbocycles. The molecule has 4 N–H and O–H groups in total. The number of benzene rings is 1. The normalized spacial score (nSPS) is 22.2. The minimum absolute atomic E-state index is 0.222. The number of nitrogens with two attached hydrogens (primary N) is 2. The van der Waals surface area contributed by atoms with Gasteiger partial charge >= 0.3 is 0 Å². The maximum atomic E-state index is 12.0. The second-order valence-electron chi connectivity index (χ2n) is 9.30. The van der Waals surface area contributed by atoms with Gasteiger partial charge in [0.2, 0.25) is 0 Å². The molecule has 3 aromatic rings. The lowest BCUT2D eigenvalue weighted by atomic mass is 9.90. The average molecular weight is 465 g/mol. The van der Waals surface area contributed by atoms with Crippen molar-refractivity contribution in [3.05, 3.63) is 30.1 Å². The quantitative estimate of drug-likeness (QED) is 0.586. The van der Waals surface area contributed by atoms with Crippen LogP contribution < -0.4 is 16.2 Å². The summed E-state index contributed by atoms with van der Waals surface area (Å²) in [5, 5.41) is 5.65. The number of fused-ring (bicyclic) bond motifs is 1. The molecule has 2 fully saturated rings. The third kappa shape index (κ3) is 3.97. The zero-order chi connectivity index (χ0) is 23.8. The van der Waals surface area contributed by atoms with Crippen LogP contribution >= 0.6 is 0 Å². The summed E-state index contributed by atoms with van der Waals surface area (Å²) < 4.78 is 7.58. The summed E-state index contributed by atoms with van der Waals surface area (Å²) in [6.07, 6.45) is 5.79. The van der Waals surface area contributed by atoms with Gasteiger partial charge in [0.25, 0.3) is 5.91 Å². The van der Waals surface area contributed by atoms with Crippen LogP contribution in [-0.2, 0) is 0 Å². The van der Waals surface area contributed by atoms with Crippen molar-refractivity contribution < 1.29 is 9.53 Å². The molecule has 1 amide bonds. The van der Waals surface area contributed by atoms with Crippen molar-refractivity contribution >= 4 is 22.8 Å². The van der Waals surface area contributed by atoms with E-state index in [1.54, 1.807) is 12.1 Å². The van der Waals surface area contributed by atoms with Crippen LogP contribution in [-0.4, -0.2) is 81.8 Å². The van der Waals surface area contributed by atoms with Crippen LogP contribution in [0.2, 0.25) is 0 Å². The highest BCUT2D eigenvalue weighted by Gasteiger charge is 2.31. The molecule has 0 atom stereocenters. The van der Waals surface area contributed by atoms with Crippen molar-refractivity contribution in [2.75, 3.05) is 46.1 Å². The number of ether oxygens (including phenoxy) is 1. The SMILES string of the molecule is COc1c(C(N)=O)cccc1-c1nn(C2CCC(N3CCN(C)CC3)CC2)c2ncnc(N)c12. The number of para-hydroxylation sites is 1. The summed E-state index contributed by atoms with van der Waals surface area (Å²) >= 11 is 0. The Bertz CT molecular complexity index is 1190. The zero-order valence-electron chi connectivity index (χ0n) is 19.8. The van der Waals surface area contributed by atoms with Gasteiger partial charge in [-0.05, 0) is 44.9 Å². The van der Waals surface area contributed by atoms with Gasteiger partial charge in [0.05, 0.1) is 24.1 Å². The highest BCUT2D eigenvalue weighted by Crippen LogP contribution is 2.40. The molecule has 0 bridgehead atoms. The summed E-state index contributed by atoms with van der Waals surface area (Å²) in [4.78, 5) is 25.8. The third-order valence-corrected chi connectivity index (χ3v) is 7.32. The Morgan fingerprint density at radius 2 is 1.76 bits per heavy atom. The first kappa shape index (κ1) is 22.5. The number of hydrogen-bond acceptors (Lipinski definition) is 8. The molecular weight excluding hydrogens is 432 g/mol. The molecule has 180 valence electrons. The molecule has 1 aliphatic heterocycles. The van der Waals surface area contributed by atoms with Gasteiger partial charge in [-0.25, -0.2) is 14.6 Å². The average Bonchev–Trinajstić information content (AvgIpc) is 3.25. The first-order chi connectivity index (χ1) is 16.5. The minimum atomic E-state index is -0.561. The molecule has 2 aliphatic rings. The second-order valence-corrected chi connectivity index (χ2v) is 9.30. The van der Waals surface area contributed by atoms with Crippen LogP contribution in [0.4, 0.5) is 5.82 Å². The number of nitrogens with zero attached hydrogens (tertiary/aromatic N) is 6. The number of piperazine rings is 1. The van der Waals surface area contributed by atoms with Crippen LogP contribution in [0.1, 0.15) is 42.1 Å². The molecule has 5 rings (SSSR count). The van der Waals surface area contributed by atoms with Crippen LogP contribution in [0, 0.1) is 0 Å². The molecule has 1 aromatic carbocycles. The molecule has 10 heteroatoms. The molecule has 0 radical (unpaired) electrons. The van der Waals surface area contributed by atoms with Crippen molar-refractivity contribution in [3.8, 4) is 17.0 Å². The first-order valence-electron chi connectivity index (χ1n) is 11.9. The molecule has 3 heterocycles. The minimum Gasteiger partial charge on any atom is -0.495 e. The van der Waals surface area contributed by atoms with E-state index < -0.39 is 5.91 Å². The maximum absolute atomic E-state index is 12.0. The molecule has 1 saturated heterocycles. The van der Waals surface area contributed by atoms with Gasteiger partial charge in [0.1, 0.15) is 23.6 Å². The predicted molar refractivity (Wildman–Crippen MR) is 131 cm³/mol. The van der Waals surface area contributed by atoms with Crippen LogP contribution in [0.15, 0.2) is 24.5 Å². The van der Waals surface area contributed by atoms with Crippen LogP contribution in [0.25, 0.3) is 22.3 Å². The highest BCUT2D eigenvalue weighted by molar-refractivity contribution is 6.03. The van der Waals surface area contributed by atoms with Gasteiger partial charge < -0.3 is 21.1 Å². The Morgan fingerprint density at radius 3 is 2.44 bits per heavy atom. The molecule has 10 nitrogen and oxygen atoms in total. The lowest BCUT2D eigenvalue weighted by molar-refractivity contribution is 0.0815. The van der Waals surface area contributed by atoms with Crippen molar-refractivity contribution in [2.24, 2.45) is 5.73 Å². The Hall–Kier alpha value is -3.24. The number of carbonyl (C=O) groups is 1. The van der Waals surface area contributed by atoms with E-state index in [9.17, 15) is 4.79 Å². The number of carbonyl (C=O) groups excluding carboxylic acids is 1. The summed E-state index contributed by atoms with van der Waals surface area (Å²) in [6.45, 7) is 4.55. The van der Waals surface area contributed by atoms with Gasteiger partial charge in [-0.2, -0.15) is 5.10 Å². The van der Waals surface area contributed by atoms with E-state index >= 15 is 0 Å². The molecular formula is C24H32N8O2. The Kier molecular flexibility index (Phi) is 6.09. The second kappa shape index (κ2) is 9.19. The highest BCUT2D eigenvalue weighted by atomic mass is 16.5. The summed E-state index contributed by atoms with van der Waals surface area (Å²) in [5.41, 5.74) is 14.1. The van der Waals surface area contributed by atoms with Crippen LogP contribution in [0.3, 0.4) is 0 Å². The van der Waals surface area contributed by atoms with Gasteiger partial charge in [0.15, 0.2) is 5.65 Å². The molecule has 1 saturated carbocycles. The van der Waals surface area contributed by atoms with E-state index in [-0.39, 0.29) is 6.04 Å². The van der Waals surface area contributed by atoms with E-state index in [2.05, 4.69) is 26.8 Å². The number of methoxy groups -OCH3 is 1. The topological polar surface area (TPSA) is 128 Å². The van der Waals surface area contributed by atoms with Crippen LogP contribution in [0.5, 0.6) is 5.75 Å². The number of aromatic nitrogens is 4. The van der Waals surface area contributed by atoms with E-state index in [4.69, 9.17) is 21.3 Å². The number of anilines is 1. The summed E-state index contributed by atoms with van der Waals surface area (Å²) in [5.74, 6) is 0.168. The number of hydrogen-bond donors (Lipinski definition) is 2. The molecule has 34 heavy (non-hydrogen) atoms. The van der Waals surface area contributed by atoms with Crippen molar-refractivity contribution in [2.45, 2.75) is 37.8 Å². The number of likely N-dealkylation sites (N-methyl/N-ethyl adjacent to an activating group) is 1. The predicted octanol–water partition coefficient (Wildman–Crippen LogP) is 1.91. The van der Waals surface area contributed by atoms with Crippen molar-refractivity contribution in [1.82, 2.24) is 29.5 Å². The number of primary amides is 1. The monoisotopic (exact) mass is 464 g/mol. The number of nitrogen functional groups attached to an aromatic ring is 1. The number of amides is 1. The van der Waals surface area contributed by atoms with Crippen molar-refractivity contribution in [1.29, 1.82) is 0 Å².